The Morgan fingerprint density at radius 2 is 2.11 bits per heavy atom. The summed E-state index contributed by atoms with van der Waals surface area (Å²) < 4.78 is 11.9. The number of benzene rings is 1. The van der Waals surface area contributed by atoms with E-state index < -0.39 is 5.97 Å². The molecule has 28 heavy (non-hydrogen) atoms. The zero-order valence-corrected chi connectivity index (χ0v) is 15.8. The second-order valence-corrected chi connectivity index (χ2v) is 6.02. The minimum absolute atomic E-state index is 0.196. The molecule has 1 aromatic carbocycles. The summed E-state index contributed by atoms with van der Waals surface area (Å²) in [4.78, 5) is 27.8. The lowest BCUT2D eigenvalue weighted by molar-refractivity contribution is -0.145. The van der Waals surface area contributed by atoms with Gasteiger partial charge in [0.1, 0.15) is 11.4 Å². The number of nitrogens with one attached hydrogen (secondary N) is 1. The number of imidazole rings is 1. The molecule has 0 aliphatic rings. The molecule has 0 atom stereocenters. The molecule has 2 aromatic heterocycles. The first kappa shape index (κ1) is 19.4. The molecule has 1 N–H and O–H groups in total. The number of esters is 1. The van der Waals surface area contributed by atoms with Crippen LogP contribution >= 0.6 is 11.6 Å². The van der Waals surface area contributed by atoms with Crippen molar-refractivity contribution in [1.29, 1.82) is 0 Å². The van der Waals surface area contributed by atoms with Crippen LogP contribution in [0.15, 0.2) is 54.7 Å². The van der Waals surface area contributed by atoms with Crippen LogP contribution in [-0.2, 0) is 14.3 Å². The van der Waals surface area contributed by atoms with E-state index in [2.05, 4.69) is 10.3 Å². The van der Waals surface area contributed by atoms with Crippen molar-refractivity contribution in [2.75, 3.05) is 18.5 Å². The van der Waals surface area contributed by atoms with Crippen LogP contribution in [0.25, 0.3) is 11.7 Å². The molecule has 0 aliphatic heterocycles. The van der Waals surface area contributed by atoms with Crippen molar-refractivity contribution >= 4 is 40.9 Å². The van der Waals surface area contributed by atoms with E-state index in [-0.39, 0.29) is 12.5 Å². The molecule has 8 heteroatoms. The Kier molecular flexibility index (Phi) is 6.29. The molecule has 7 nitrogen and oxygen atoms in total. The molecule has 0 saturated heterocycles. The second-order valence-electron chi connectivity index (χ2n) is 5.66. The number of fused-ring (bicyclic) bond motifs is 1. The molecule has 0 fully saturated rings. The lowest BCUT2D eigenvalue weighted by Gasteiger charge is -2.08. The number of halogens is 1. The van der Waals surface area contributed by atoms with Gasteiger partial charge in [0.15, 0.2) is 11.8 Å². The van der Waals surface area contributed by atoms with Crippen LogP contribution in [0, 0.1) is 0 Å². The summed E-state index contributed by atoms with van der Waals surface area (Å²) in [5, 5.41) is 3.04. The summed E-state index contributed by atoms with van der Waals surface area (Å²) in [6, 6.07) is 12.3. The molecule has 0 spiro atoms. The molecule has 0 bridgehead atoms. The van der Waals surface area contributed by atoms with E-state index in [1.54, 1.807) is 41.7 Å². The van der Waals surface area contributed by atoms with Gasteiger partial charge in [0.2, 0.25) is 5.91 Å². The van der Waals surface area contributed by atoms with Crippen molar-refractivity contribution in [2.24, 2.45) is 0 Å². The van der Waals surface area contributed by atoms with Gasteiger partial charge in [-0.15, -0.1) is 0 Å². The van der Waals surface area contributed by atoms with Crippen molar-refractivity contribution in [2.45, 2.75) is 6.92 Å². The van der Waals surface area contributed by atoms with Gasteiger partial charge in [-0.25, -0.2) is 9.78 Å². The van der Waals surface area contributed by atoms with Crippen LogP contribution in [0.4, 0.5) is 5.69 Å². The molecule has 3 rings (SSSR count). The summed E-state index contributed by atoms with van der Waals surface area (Å²) in [6.07, 6.45) is 4.78. The van der Waals surface area contributed by atoms with E-state index in [1.807, 2.05) is 24.4 Å². The highest BCUT2D eigenvalue weighted by atomic mass is 35.5. The minimum atomic E-state index is -0.454. The average Bonchev–Trinajstić information content (AvgIpc) is 3.00. The van der Waals surface area contributed by atoms with Crippen molar-refractivity contribution < 1.29 is 19.1 Å². The van der Waals surface area contributed by atoms with Crippen molar-refractivity contribution in [1.82, 2.24) is 9.38 Å². The fourth-order valence-corrected chi connectivity index (χ4v) is 2.72. The number of aromatic nitrogens is 2. The zero-order valence-electron chi connectivity index (χ0n) is 15.1. The van der Waals surface area contributed by atoms with Crippen molar-refractivity contribution in [3.8, 4) is 5.75 Å². The van der Waals surface area contributed by atoms with Crippen molar-refractivity contribution in [3.05, 3.63) is 65.6 Å². The SMILES string of the molecule is CCOC(=O)COc1cccc(NC(=O)/C=C/c2c(Cl)nc3ccccn23)c1. The lowest BCUT2D eigenvalue weighted by Crippen LogP contribution is -2.14. The summed E-state index contributed by atoms with van der Waals surface area (Å²) >= 11 is 6.15. The maximum absolute atomic E-state index is 12.2. The van der Waals surface area contributed by atoms with Crippen LogP contribution in [0.2, 0.25) is 5.15 Å². The van der Waals surface area contributed by atoms with E-state index in [0.29, 0.717) is 34.5 Å². The molecule has 0 saturated carbocycles. The number of ether oxygens (including phenoxy) is 2. The molecule has 3 aromatic rings. The van der Waals surface area contributed by atoms with E-state index in [4.69, 9.17) is 21.1 Å². The Bertz CT molecular complexity index is 1030. The Hall–Kier alpha value is -3.32. The summed E-state index contributed by atoms with van der Waals surface area (Å²) in [5.41, 5.74) is 1.83. The number of pyridine rings is 1. The highest BCUT2D eigenvalue weighted by Gasteiger charge is 2.08. The third kappa shape index (κ3) is 4.89. The fraction of sp³-hybridized carbons (Fsp3) is 0.150. The molecule has 2 heterocycles. The maximum Gasteiger partial charge on any atom is 0.344 e. The smallest absolute Gasteiger partial charge is 0.344 e. The molecular formula is C20H18ClN3O4. The quantitative estimate of drug-likeness (QED) is 0.485. The standard InChI is InChI=1S/C20H18ClN3O4/c1-2-27-19(26)13-28-15-7-5-6-14(12-15)22-18(25)10-9-16-20(21)23-17-8-3-4-11-24(16)17/h3-12H,2,13H2,1H3,(H,22,25)/b10-9+. The van der Waals surface area contributed by atoms with Gasteiger partial charge in [0.25, 0.3) is 0 Å². The highest BCUT2D eigenvalue weighted by Crippen LogP contribution is 2.20. The predicted octanol–water partition coefficient (Wildman–Crippen LogP) is 3.58. The van der Waals surface area contributed by atoms with Crippen molar-refractivity contribution in [3.63, 3.8) is 0 Å². The van der Waals surface area contributed by atoms with Gasteiger partial charge in [-0.1, -0.05) is 23.7 Å². The van der Waals surface area contributed by atoms with Gasteiger partial charge in [0.05, 0.1) is 12.3 Å². The topological polar surface area (TPSA) is 81.9 Å². The van der Waals surface area contributed by atoms with Gasteiger partial charge in [0, 0.05) is 24.0 Å². The van der Waals surface area contributed by atoms with E-state index >= 15 is 0 Å². The Morgan fingerprint density at radius 1 is 1.25 bits per heavy atom. The third-order valence-corrected chi connectivity index (χ3v) is 3.96. The third-order valence-electron chi connectivity index (χ3n) is 3.68. The van der Waals surface area contributed by atoms with Gasteiger partial charge >= 0.3 is 5.97 Å². The van der Waals surface area contributed by atoms with Crippen LogP contribution in [0.1, 0.15) is 12.6 Å². The molecule has 0 radical (unpaired) electrons. The second kappa shape index (κ2) is 9.05. The molecular weight excluding hydrogens is 382 g/mol. The largest absolute Gasteiger partial charge is 0.482 e. The first-order valence-corrected chi connectivity index (χ1v) is 8.94. The normalized spacial score (nSPS) is 10.9. The van der Waals surface area contributed by atoms with Crippen LogP contribution in [0.3, 0.4) is 0 Å². The van der Waals surface area contributed by atoms with Crippen LogP contribution < -0.4 is 10.1 Å². The summed E-state index contributed by atoms with van der Waals surface area (Å²) in [7, 11) is 0. The number of carbonyl (C=O) groups excluding carboxylic acids is 2. The number of nitrogens with zero attached hydrogens (tertiary/aromatic N) is 2. The first-order valence-electron chi connectivity index (χ1n) is 8.57. The molecule has 0 aliphatic carbocycles. The number of hydrogen-bond donors (Lipinski definition) is 1. The fourth-order valence-electron chi connectivity index (χ4n) is 2.48. The van der Waals surface area contributed by atoms with Crippen LogP contribution in [-0.4, -0.2) is 34.5 Å². The number of carbonyl (C=O) groups is 2. The predicted molar refractivity (Wildman–Crippen MR) is 106 cm³/mol. The van der Waals surface area contributed by atoms with Gasteiger partial charge in [-0.05, 0) is 37.3 Å². The summed E-state index contributed by atoms with van der Waals surface area (Å²) in [5.74, 6) is -0.353. The zero-order chi connectivity index (χ0) is 19.9. The van der Waals surface area contributed by atoms with Gasteiger partial charge in [-0.3, -0.25) is 9.20 Å². The first-order chi connectivity index (χ1) is 13.6. The lowest BCUT2D eigenvalue weighted by atomic mass is 10.3. The van der Waals surface area contributed by atoms with E-state index in [1.165, 1.54) is 6.08 Å². The monoisotopic (exact) mass is 399 g/mol. The highest BCUT2D eigenvalue weighted by molar-refractivity contribution is 6.31. The average molecular weight is 400 g/mol. The molecule has 0 unspecified atom stereocenters. The summed E-state index contributed by atoms with van der Waals surface area (Å²) in [6.45, 7) is 1.82. The minimum Gasteiger partial charge on any atom is -0.482 e. The van der Waals surface area contributed by atoms with Gasteiger partial charge < -0.3 is 14.8 Å². The molecule has 144 valence electrons. The molecule has 1 amide bonds. The van der Waals surface area contributed by atoms with Crippen LogP contribution in [0.5, 0.6) is 5.75 Å². The van der Waals surface area contributed by atoms with Gasteiger partial charge in [-0.2, -0.15) is 0 Å². The van der Waals surface area contributed by atoms with E-state index in [9.17, 15) is 9.59 Å². The number of rotatable bonds is 7. The Balaban J connectivity index is 1.64. The Morgan fingerprint density at radius 3 is 2.93 bits per heavy atom. The number of amides is 1. The number of anilines is 1. The van der Waals surface area contributed by atoms with E-state index in [0.717, 1.165) is 0 Å². The Labute approximate surface area is 166 Å². The maximum atomic E-state index is 12.2. The number of hydrogen-bond acceptors (Lipinski definition) is 5.